The Morgan fingerprint density at radius 1 is 0.641 bits per heavy atom. The van der Waals surface area contributed by atoms with E-state index in [1.54, 1.807) is 38.1 Å². The molecule has 0 N–H and O–H groups in total. The summed E-state index contributed by atoms with van der Waals surface area (Å²) in [6, 6.07) is 13.8. The van der Waals surface area contributed by atoms with Crippen LogP contribution in [0.4, 0.5) is 17.6 Å². The number of esters is 2. The lowest BCUT2D eigenvalue weighted by Crippen LogP contribution is -2.22. The topological polar surface area (TPSA) is 78.4 Å². The molecule has 0 aliphatic rings. The molecule has 10 heteroatoms. The second kappa shape index (κ2) is 10.6. The summed E-state index contributed by atoms with van der Waals surface area (Å²) in [7, 11) is 2.04. The number of carbonyl (C=O) groups is 2. The van der Waals surface area contributed by atoms with Gasteiger partial charge in [-0.05, 0) is 62.4 Å². The van der Waals surface area contributed by atoms with E-state index in [2.05, 4.69) is 19.4 Å². The van der Waals surface area contributed by atoms with Crippen molar-refractivity contribution in [3.05, 3.63) is 106 Å². The third-order valence-electron chi connectivity index (χ3n) is 6.29. The normalized spacial score (nSPS) is 11.3. The smallest absolute Gasteiger partial charge is 0.343 e. The number of hydrogen-bond acceptors (Lipinski definition) is 6. The average molecular weight is 538 g/mol. The summed E-state index contributed by atoms with van der Waals surface area (Å²) in [6.07, 6.45) is 0. The summed E-state index contributed by atoms with van der Waals surface area (Å²) >= 11 is 0. The van der Waals surface area contributed by atoms with Crippen LogP contribution in [-0.2, 0) is 14.9 Å². The van der Waals surface area contributed by atoms with Crippen molar-refractivity contribution >= 4 is 11.9 Å². The Kier molecular flexibility index (Phi) is 7.49. The van der Waals surface area contributed by atoms with E-state index in [-0.39, 0.29) is 22.5 Å². The summed E-state index contributed by atoms with van der Waals surface area (Å²) in [5, 5.41) is 0. The Hall–Kier alpha value is -4.60. The second-order valence-corrected chi connectivity index (χ2v) is 8.99. The monoisotopic (exact) mass is 538 g/mol. The number of rotatable bonds is 6. The molecule has 0 radical (unpaired) electrons. The van der Waals surface area contributed by atoms with Crippen molar-refractivity contribution in [1.82, 2.24) is 9.97 Å². The van der Waals surface area contributed by atoms with E-state index in [1.165, 1.54) is 24.3 Å². The lowest BCUT2D eigenvalue weighted by molar-refractivity contribution is 0.0580. The van der Waals surface area contributed by atoms with Gasteiger partial charge in [-0.1, -0.05) is 12.1 Å². The fraction of sp³-hybridized carbons (Fsp3) is 0.172. The first-order chi connectivity index (χ1) is 18.5. The van der Waals surface area contributed by atoms with Gasteiger partial charge in [-0.15, -0.1) is 0 Å². The predicted octanol–water partition coefficient (Wildman–Crippen LogP) is 6.27. The molecule has 0 atom stereocenters. The summed E-state index contributed by atoms with van der Waals surface area (Å²) in [5.74, 6) is -6.68. The fourth-order valence-electron chi connectivity index (χ4n) is 4.08. The molecule has 200 valence electrons. The van der Waals surface area contributed by atoms with Crippen molar-refractivity contribution in [3.8, 4) is 22.5 Å². The Labute approximate surface area is 221 Å². The molecular formula is C29H22F4N2O4. The van der Waals surface area contributed by atoms with E-state index >= 15 is 8.78 Å². The van der Waals surface area contributed by atoms with Crippen LogP contribution in [0.1, 0.15) is 46.0 Å². The highest BCUT2D eigenvalue weighted by Crippen LogP contribution is 2.34. The van der Waals surface area contributed by atoms with Gasteiger partial charge in [0.2, 0.25) is 0 Å². The van der Waals surface area contributed by atoms with Crippen molar-refractivity contribution in [3.63, 3.8) is 0 Å². The number of benzene rings is 2. The van der Waals surface area contributed by atoms with E-state index in [0.29, 0.717) is 11.4 Å². The second-order valence-electron chi connectivity index (χ2n) is 8.99. The quantitative estimate of drug-likeness (QED) is 0.213. The van der Waals surface area contributed by atoms with Gasteiger partial charge in [0.1, 0.15) is 34.4 Å². The van der Waals surface area contributed by atoms with E-state index in [9.17, 15) is 18.4 Å². The lowest BCUT2D eigenvalue weighted by Gasteiger charge is -2.25. The Morgan fingerprint density at radius 2 is 1.03 bits per heavy atom. The molecule has 2 aromatic carbocycles. The third-order valence-corrected chi connectivity index (χ3v) is 6.29. The first kappa shape index (κ1) is 27.4. The zero-order valence-corrected chi connectivity index (χ0v) is 21.3. The van der Waals surface area contributed by atoms with Crippen LogP contribution in [0.3, 0.4) is 0 Å². The number of halogens is 4. The maximum atomic E-state index is 15.1. The average Bonchev–Trinajstić information content (AvgIpc) is 2.93. The minimum Gasteiger partial charge on any atom is -0.465 e. The highest BCUT2D eigenvalue weighted by molar-refractivity contribution is 5.92. The molecule has 0 saturated carbocycles. The van der Waals surface area contributed by atoms with Gasteiger partial charge >= 0.3 is 11.9 Å². The zero-order chi connectivity index (χ0) is 28.5. The molecule has 4 aromatic rings. The van der Waals surface area contributed by atoms with Crippen LogP contribution < -0.4 is 0 Å². The van der Waals surface area contributed by atoms with Gasteiger partial charge in [0.15, 0.2) is 0 Å². The van der Waals surface area contributed by atoms with Crippen LogP contribution >= 0.6 is 0 Å². The largest absolute Gasteiger partial charge is 0.465 e. The van der Waals surface area contributed by atoms with Crippen molar-refractivity contribution < 1.29 is 36.6 Å². The van der Waals surface area contributed by atoms with Crippen molar-refractivity contribution in [2.45, 2.75) is 19.3 Å². The van der Waals surface area contributed by atoms with E-state index in [1.807, 2.05) is 0 Å². The van der Waals surface area contributed by atoms with Crippen LogP contribution in [0.5, 0.6) is 0 Å². The summed E-state index contributed by atoms with van der Waals surface area (Å²) in [5.41, 5.74) is -1.68. The van der Waals surface area contributed by atoms with Gasteiger partial charge in [-0.25, -0.2) is 27.2 Å². The predicted molar refractivity (Wildman–Crippen MR) is 134 cm³/mol. The number of aromatic nitrogens is 2. The minimum absolute atomic E-state index is 0.111. The number of pyridine rings is 2. The van der Waals surface area contributed by atoms with Crippen molar-refractivity contribution in [1.29, 1.82) is 0 Å². The van der Waals surface area contributed by atoms with Gasteiger partial charge < -0.3 is 9.47 Å². The Morgan fingerprint density at radius 3 is 1.38 bits per heavy atom. The first-order valence-electron chi connectivity index (χ1n) is 11.6. The van der Waals surface area contributed by atoms with Gasteiger partial charge in [0.05, 0.1) is 37.0 Å². The van der Waals surface area contributed by atoms with E-state index in [4.69, 9.17) is 0 Å². The number of ether oxygens (including phenoxy) is 2. The highest BCUT2D eigenvalue weighted by Gasteiger charge is 2.29. The van der Waals surface area contributed by atoms with Gasteiger partial charge in [-0.3, -0.25) is 9.97 Å². The highest BCUT2D eigenvalue weighted by atomic mass is 19.1. The molecule has 0 aliphatic carbocycles. The lowest BCUT2D eigenvalue weighted by atomic mass is 9.84. The van der Waals surface area contributed by atoms with E-state index in [0.717, 1.165) is 26.4 Å². The van der Waals surface area contributed by atoms with Crippen molar-refractivity contribution in [2.75, 3.05) is 14.2 Å². The molecule has 0 unspecified atom stereocenters. The van der Waals surface area contributed by atoms with Crippen LogP contribution in [0.15, 0.2) is 60.7 Å². The maximum Gasteiger partial charge on any atom is 0.343 e. The Bertz CT molecular complexity index is 1490. The molecule has 0 amide bonds. The molecule has 0 fully saturated rings. The summed E-state index contributed by atoms with van der Waals surface area (Å²) in [6.45, 7) is 3.57. The van der Waals surface area contributed by atoms with Gasteiger partial charge in [-0.2, -0.15) is 0 Å². The first-order valence-corrected chi connectivity index (χ1v) is 11.6. The molecule has 39 heavy (non-hydrogen) atoms. The zero-order valence-electron chi connectivity index (χ0n) is 21.3. The molecule has 0 spiro atoms. The Balaban J connectivity index is 1.78. The van der Waals surface area contributed by atoms with Gasteiger partial charge in [0, 0.05) is 16.5 Å². The van der Waals surface area contributed by atoms with Crippen molar-refractivity contribution in [2.24, 2.45) is 0 Å². The SMILES string of the molecule is COC(=O)c1c(F)ccc(-c2cccc(C(C)(C)c3cccc(-c4ccc(F)c(C(=O)OC)c4F)n3)n2)c1F. The molecule has 4 rings (SSSR count). The third kappa shape index (κ3) is 4.97. The molecule has 6 nitrogen and oxygen atoms in total. The van der Waals surface area contributed by atoms with Gasteiger partial charge in [0.25, 0.3) is 0 Å². The summed E-state index contributed by atoms with van der Waals surface area (Å²) in [4.78, 5) is 32.9. The summed E-state index contributed by atoms with van der Waals surface area (Å²) < 4.78 is 67.6. The van der Waals surface area contributed by atoms with Crippen LogP contribution in [0.25, 0.3) is 22.5 Å². The van der Waals surface area contributed by atoms with E-state index < -0.39 is 51.7 Å². The molecule has 2 heterocycles. The molecule has 0 saturated heterocycles. The van der Waals surface area contributed by atoms with Crippen LogP contribution in [-0.4, -0.2) is 36.1 Å². The minimum atomic E-state index is -1.16. The number of hydrogen-bond donors (Lipinski definition) is 0. The molecule has 0 aliphatic heterocycles. The number of carbonyl (C=O) groups excluding carboxylic acids is 2. The molecular weight excluding hydrogens is 516 g/mol. The number of nitrogens with zero attached hydrogens (tertiary/aromatic N) is 2. The molecule has 2 aromatic heterocycles. The fourth-order valence-corrected chi connectivity index (χ4v) is 4.08. The van der Waals surface area contributed by atoms with Crippen LogP contribution in [0.2, 0.25) is 0 Å². The maximum absolute atomic E-state index is 15.1. The van der Waals surface area contributed by atoms with Crippen LogP contribution in [0, 0.1) is 23.3 Å². The number of methoxy groups -OCH3 is 2. The standard InChI is InChI=1S/C29H22F4N2O4/c1-29(2,21-9-5-7-19(34-21)15-11-13-17(30)23(25(15)32)27(36)38-3)22-10-6-8-20(35-22)16-12-14-18(31)24(26(16)33)28(37)39-4/h5-14H,1-4H3. The molecule has 0 bridgehead atoms.